The number of aryl methyl sites for hydroxylation is 1. The Hall–Kier alpha value is -1.21. The molecule has 0 atom stereocenters. The topological polar surface area (TPSA) is 57.6 Å². The number of thiophene rings is 1. The summed E-state index contributed by atoms with van der Waals surface area (Å²) in [6.07, 6.45) is 0.488. The third-order valence-electron chi connectivity index (χ3n) is 3.19. The van der Waals surface area contributed by atoms with Crippen molar-refractivity contribution >= 4 is 21.4 Å². The Balaban J connectivity index is 2.15. The largest absolute Gasteiger partial charge is 0.396 e. The van der Waals surface area contributed by atoms with Crippen LogP contribution in [0.25, 0.3) is 0 Å². The highest BCUT2D eigenvalue weighted by atomic mass is 32.2. The Morgan fingerprint density at radius 1 is 1.14 bits per heavy atom. The molecule has 6 heteroatoms. The molecule has 2 rings (SSSR count). The summed E-state index contributed by atoms with van der Waals surface area (Å²) in [6.45, 7) is 2.37. The molecule has 4 nitrogen and oxygen atoms in total. The van der Waals surface area contributed by atoms with Gasteiger partial charge in [0.05, 0.1) is 0 Å². The zero-order chi connectivity index (χ0) is 15.5. The van der Waals surface area contributed by atoms with Gasteiger partial charge in [-0.15, -0.1) is 11.3 Å². The van der Waals surface area contributed by atoms with Crippen molar-refractivity contribution in [2.45, 2.75) is 24.1 Å². The third-order valence-corrected chi connectivity index (χ3v) is 6.60. The summed E-state index contributed by atoms with van der Waals surface area (Å²) < 4.78 is 26.7. The first kappa shape index (κ1) is 16.2. The van der Waals surface area contributed by atoms with Gasteiger partial charge < -0.3 is 5.11 Å². The summed E-state index contributed by atoms with van der Waals surface area (Å²) in [5, 5.41) is 8.90. The SMILES string of the molecule is Cc1ccc(CN(C)S(=O)(=O)c2ccc(CCO)s2)cc1. The molecule has 0 aliphatic carbocycles. The fraction of sp³-hybridized carbons (Fsp3) is 0.333. The van der Waals surface area contributed by atoms with Crippen LogP contribution in [0, 0.1) is 6.92 Å². The number of sulfonamides is 1. The fourth-order valence-corrected chi connectivity index (χ4v) is 4.64. The lowest BCUT2D eigenvalue weighted by molar-refractivity contribution is 0.300. The Labute approximate surface area is 129 Å². The van der Waals surface area contributed by atoms with Crippen LogP contribution < -0.4 is 0 Å². The van der Waals surface area contributed by atoms with E-state index in [4.69, 9.17) is 5.11 Å². The quantitative estimate of drug-likeness (QED) is 0.887. The zero-order valence-corrected chi connectivity index (χ0v) is 13.7. The minimum atomic E-state index is -3.47. The van der Waals surface area contributed by atoms with E-state index in [1.165, 1.54) is 15.6 Å². The molecule has 21 heavy (non-hydrogen) atoms. The molecule has 0 unspecified atom stereocenters. The summed E-state index contributed by atoms with van der Waals surface area (Å²) in [4.78, 5) is 0.875. The Kier molecular flexibility index (Phi) is 5.16. The van der Waals surface area contributed by atoms with E-state index in [1.54, 1.807) is 19.2 Å². The molecule has 1 aromatic carbocycles. The number of aliphatic hydroxyl groups is 1. The monoisotopic (exact) mass is 325 g/mol. The van der Waals surface area contributed by atoms with E-state index in [2.05, 4.69) is 0 Å². The van der Waals surface area contributed by atoms with Crippen LogP contribution in [0.1, 0.15) is 16.0 Å². The van der Waals surface area contributed by atoms with Gasteiger partial charge in [0.1, 0.15) is 4.21 Å². The molecule has 0 radical (unpaired) electrons. The van der Waals surface area contributed by atoms with Crippen LogP contribution in [-0.4, -0.2) is 31.5 Å². The van der Waals surface area contributed by atoms with Gasteiger partial charge in [-0.3, -0.25) is 0 Å². The number of hydrogen-bond donors (Lipinski definition) is 1. The second kappa shape index (κ2) is 6.70. The average molecular weight is 325 g/mol. The van der Waals surface area contributed by atoms with Crippen molar-refractivity contribution < 1.29 is 13.5 Å². The zero-order valence-electron chi connectivity index (χ0n) is 12.1. The Morgan fingerprint density at radius 3 is 2.43 bits per heavy atom. The van der Waals surface area contributed by atoms with Gasteiger partial charge in [-0.05, 0) is 24.6 Å². The van der Waals surface area contributed by atoms with Gasteiger partial charge in [0, 0.05) is 31.5 Å². The first-order chi connectivity index (χ1) is 9.93. The molecule has 0 aliphatic rings. The maximum atomic E-state index is 12.5. The Morgan fingerprint density at radius 2 is 1.81 bits per heavy atom. The summed E-state index contributed by atoms with van der Waals surface area (Å²) in [6, 6.07) is 11.2. The smallest absolute Gasteiger partial charge is 0.252 e. The van der Waals surface area contributed by atoms with Gasteiger partial charge in [0.25, 0.3) is 10.0 Å². The summed E-state index contributed by atoms with van der Waals surface area (Å²) in [5.41, 5.74) is 2.11. The molecule has 0 bridgehead atoms. The van der Waals surface area contributed by atoms with Crippen LogP contribution in [0.15, 0.2) is 40.6 Å². The number of nitrogens with zero attached hydrogens (tertiary/aromatic N) is 1. The number of rotatable bonds is 6. The molecular weight excluding hydrogens is 306 g/mol. The van der Waals surface area contributed by atoms with E-state index in [0.717, 1.165) is 16.0 Å². The molecule has 1 heterocycles. The lowest BCUT2D eigenvalue weighted by Gasteiger charge is -2.16. The highest BCUT2D eigenvalue weighted by Gasteiger charge is 2.22. The average Bonchev–Trinajstić information content (AvgIpc) is 2.91. The predicted molar refractivity (Wildman–Crippen MR) is 84.9 cm³/mol. The van der Waals surface area contributed by atoms with Gasteiger partial charge in [0.15, 0.2) is 0 Å². The fourth-order valence-electron chi connectivity index (χ4n) is 1.93. The normalized spacial score (nSPS) is 12.0. The van der Waals surface area contributed by atoms with Crippen molar-refractivity contribution in [3.63, 3.8) is 0 Å². The van der Waals surface area contributed by atoms with Gasteiger partial charge in [-0.25, -0.2) is 8.42 Å². The maximum Gasteiger partial charge on any atom is 0.252 e. The second-order valence-corrected chi connectivity index (χ2v) is 8.38. The number of aliphatic hydroxyl groups excluding tert-OH is 1. The molecule has 0 aliphatic heterocycles. The molecule has 0 saturated heterocycles. The first-order valence-corrected chi connectivity index (χ1v) is 8.90. The standard InChI is InChI=1S/C15H19NO3S2/c1-12-3-5-13(6-4-12)11-16(2)21(18,19)15-8-7-14(20-15)9-10-17/h3-8,17H,9-11H2,1-2H3. The van der Waals surface area contributed by atoms with Crippen molar-refractivity contribution in [3.05, 3.63) is 52.4 Å². The highest BCUT2D eigenvalue weighted by Crippen LogP contribution is 2.25. The van der Waals surface area contributed by atoms with Crippen molar-refractivity contribution in [1.29, 1.82) is 0 Å². The molecular formula is C15H19NO3S2. The van der Waals surface area contributed by atoms with E-state index in [9.17, 15) is 8.42 Å². The molecule has 2 aromatic rings. The van der Waals surface area contributed by atoms with Crippen LogP contribution >= 0.6 is 11.3 Å². The molecule has 0 fully saturated rings. The van der Waals surface area contributed by atoms with Crippen molar-refractivity contribution in [1.82, 2.24) is 4.31 Å². The molecule has 0 amide bonds. The van der Waals surface area contributed by atoms with Crippen LogP contribution in [0.2, 0.25) is 0 Å². The lowest BCUT2D eigenvalue weighted by atomic mass is 10.1. The third kappa shape index (κ3) is 3.91. The van der Waals surface area contributed by atoms with E-state index in [0.29, 0.717) is 17.2 Å². The van der Waals surface area contributed by atoms with Crippen molar-refractivity contribution in [2.24, 2.45) is 0 Å². The van der Waals surface area contributed by atoms with Crippen LogP contribution in [0.4, 0.5) is 0 Å². The van der Waals surface area contributed by atoms with Crippen LogP contribution in [0.5, 0.6) is 0 Å². The van der Waals surface area contributed by atoms with Gasteiger partial charge >= 0.3 is 0 Å². The van der Waals surface area contributed by atoms with E-state index >= 15 is 0 Å². The maximum absolute atomic E-state index is 12.5. The minimum absolute atomic E-state index is 0.0270. The van der Waals surface area contributed by atoms with Gasteiger partial charge in [-0.2, -0.15) is 4.31 Å². The van der Waals surface area contributed by atoms with Gasteiger partial charge in [0.2, 0.25) is 0 Å². The lowest BCUT2D eigenvalue weighted by Crippen LogP contribution is -2.25. The summed E-state index contributed by atoms with van der Waals surface area (Å²) >= 11 is 1.22. The predicted octanol–water partition coefficient (Wildman–Crippen LogP) is 2.41. The Bertz CT molecular complexity index is 690. The first-order valence-electron chi connectivity index (χ1n) is 6.65. The van der Waals surface area contributed by atoms with Crippen LogP contribution in [-0.2, 0) is 23.0 Å². The van der Waals surface area contributed by atoms with E-state index in [-0.39, 0.29) is 6.61 Å². The highest BCUT2D eigenvalue weighted by molar-refractivity contribution is 7.91. The number of hydrogen-bond acceptors (Lipinski definition) is 4. The minimum Gasteiger partial charge on any atom is -0.396 e. The van der Waals surface area contributed by atoms with E-state index < -0.39 is 10.0 Å². The summed E-state index contributed by atoms with van der Waals surface area (Å²) in [7, 11) is -1.89. The molecule has 114 valence electrons. The van der Waals surface area contributed by atoms with Crippen molar-refractivity contribution in [2.75, 3.05) is 13.7 Å². The second-order valence-electron chi connectivity index (χ2n) is 4.94. The van der Waals surface area contributed by atoms with E-state index in [1.807, 2.05) is 31.2 Å². The van der Waals surface area contributed by atoms with Gasteiger partial charge in [-0.1, -0.05) is 29.8 Å². The molecule has 0 saturated carbocycles. The van der Waals surface area contributed by atoms with Crippen LogP contribution in [0.3, 0.4) is 0 Å². The number of benzene rings is 1. The molecule has 1 aromatic heterocycles. The molecule has 1 N–H and O–H groups in total. The molecule has 0 spiro atoms. The summed E-state index contributed by atoms with van der Waals surface area (Å²) in [5.74, 6) is 0. The van der Waals surface area contributed by atoms with Crippen molar-refractivity contribution in [3.8, 4) is 0 Å².